The van der Waals surface area contributed by atoms with Gasteiger partial charge in [0, 0.05) is 10.3 Å². The lowest BCUT2D eigenvalue weighted by Crippen LogP contribution is -2.62. The van der Waals surface area contributed by atoms with E-state index in [4.69, 9.17) is 0 Å². The molecule has 11 aromatic carbocycles. The van der Waals surface area contributed by atoms with E-state index in [2.05, 4.69) is 88.3 Å². The van der Waals surface area contributed by atoms with Gasteiger partial charge in [-0.15, -0.1) is 11.8 Å². The molecule has 0 bridgehead atoms. The smallest absolute Gasteiger partial charge is 0.0645 e. The molecule has 0 saturated heterocycles. The van der Waals surface area contributed by atoms with Gasteiger partial charge in [0.15, 0.2) is 0 Å². The summed E-state index contributed by atoms with van der Waals surface area (Å²) in [5.41, 5.74) is 48.4. The largest absolute Gasteiger partial charge is 0.112 e. The molecule has 0 aromatic heterocycles. The van der Waals surface area contributed by atoms with Crippen LogP contribution in [0, 0.1) is 17.8 Å². The first-order valence-corrected chi connectivity index (χ1v) is 32.1. The first kappa shape index (κ1) is 31.8. The van der Waals surface area contributed by atoms with Gasteiger partial charge in [-0.3, -0.25) is 0 Å². The monoisotopic (exact) mass is 960 g/mol. The van der Waals surface area contributed by atoms with Crippen molar-refractivity contribution in [2.75, 3.05) is 0 Å². The molecule has 75 heavy (non-hydrogen) atoms. The van der Waals surface area contributed by atoms with Crippen LogP contribution in [-0.4, -0.2) is 0 Å². The number of fused-ring (bicyclic) bond motifs is 1. The second-order valence-corrected chi connectivity index (χ2v) is 32.8. The SMILES string of the molecule is CCCCC(CC)Cc1ccc2c(c1)C13c4c5c6c7c8c9c%10c%11c%12c%13c%14c%15c(c%16c%13c%10c7c4-%16)C1(S2)C1C%15C2c4c7c%10c%13c%15c%16c%17c%18c%19c%20c%21c%22c%23c(c4c4c%22c%19c%16c%104)C2C%14C%12C%23C%21C%11C9C%20C%18C8C6C%17C%15C5C3C%13C71. The second kappa shape index (κ2) is 7.72. The normalized spacial score (nSPS) is 46.0. The molecular formula is C74H40S. The van der Waals surface area contributed by atoms with E-state index < -0.39 is 0 Å². The van der Waals surface area contributed by atoms with E-state index in [1.807, 2.05) is 170 Å². The van der Waals surface area contributed by atoms with Gasteiger partial charge >= 0.3 is 0 Å². The highest BCUT2D eigenvalue weighted by Crippen LogP contribution is 3.01. The summed E-state index contributed by atoms with van der Waals surface area (Å²) in [4.78, 5) is 1.75. The lowest BCUT2D eigenvalue weighted by atomic mass is 9.39. The molecule has 1 saturated carbocycles. The van der Waals surface area contributed by atoms with Gasteiger partial charge < -0.3 is 0 Å². The zero-order valence-corrected chi connectivity index (χ0v) is 42.1. The van der Waals surface area contributed by atoms with E-state index >= 15 is 0 Å². The van der Waals surface area contributed by atoms with Crippen molar-refractivity contribution in [2.45, 2.75) is 168 Å². The molecule has 23 atom stereocenters. The van der Waals surface area contributed by atoms with Crippen LogP contribution in [0.1, 0.15) is 268 Å². The maximum atomic E-state index is 3.05. The minimum absolute atomic E-state index is 0.0295. The third kappa shape index (κ3) is 1.89. The van der Waals surface area contributed by atoms with E-state index in [1.165, 1.54) is 32.1 Å². The van der Waals surface area contributed by atoms with E-state index in [9.17, 15) is 0 Å². The fourth-order valence-electron chi connectivity index (χ4n) is 33.3. The molecular weight excluding hydrogens is 921 g/mol. The van der Waals surface area contributed by atoms with Crippen LogP contribution in [0.4, 0.5) is 0 Å². The van der Waals surface area contributed by atoms with Crippen molar-refractivity contribution in [3.63, 3.8) is 0 Å². The van der Waals surface area contributed by atoms with E-state index in [-0.39, 0.29) is 10.2 Å². The van der Waals surface area contributed by atoms with E-state index in [0.29, 0.717) is 118 Å². The Morgan fingerprint density at radius 2 is 0.747 bits per heavy atom. The van der Waals surface area contributed by atoms with Crippen molar-refractivity contribution in [3.8, 4) is 11.1 Å². The number of thioether (sulfide) groups is 1. The third-order valence-corrected chi connectivity index (χ3v) is 34.0. The van der Waals surface area contributed by atoms with Gasteiger partial charge in [-0.2, -0.15) is 0 Å². The van der Waals surface area contributed by atoms with Crippen LogP contribution in [0.25, 0.3) is 97.3 Å². The number of benzene rings is 10. The van der Waals surface area contributed by atoms with Crippen molar-refractivity contribution < 1.29 is 0 Å². The first-order chi connectivity index (χ1) is 37.3. The molecule has 34 rings (SSSR count). The van der Waals surface area contributed by atoms with Crippen LogP contribution < -0.4 is 0 Å². The average Bonchev–Trinajstić information content (AvgIpc) is 3.22. The summed E-state index contributed by atoms with van der Waals surface area (Å²) >= 11 is 2.61. The van der Waals surface area contributed by atoms with Gasteiger partial charge in [0.2, 0.25) is 0 Å². The van der Waals surface area contributed by atoms with Gasteiger partial charge in [-0.05, 0) is 356 Å². The Kier molecular flexibility index (Phi) is 3.27. The maximum Gasteiger partial charge on any atom is 0.0645 e. The lowest BCUT2D eigenvalue weighted by Gasteiger charge is -2.65. The minimum Gasteiger partial charge on any atom is -0.112 e. The topological polar surface area (TPSA) is 0 Å². The summed E-state index contributed by atoms with van der Waals surface area (Å²) < 4.78 is 0.0634. The molecule has 0 N–H and O–H groups in total. The zero-order chi connectivity index (χ0) is 45.2. The maximum absolute atomic E-state index is 3.05. The van der Waals surface area contributed by atoms with Crippen molar-refractivity contribution in [3.05, 3.63) is 141 Å². The second-order valence-electron chi connectivity index (χ2n) is 31.6. The molecule has 342 valence electrons. The van der Waals surface area contributed by atoms with Gasteiger partial charge in [0.1, 0.15) is 0 Å². The molecule has 0 nitrogen and oxygen atoms in total. The predicted molar refractivity (Wildman–Crippen MR) is 294 cm³/mol. The van der Waals surface area contributed by atoms with E-state index in [0.717, 1.165) is 5.92 Å². The van der Waals surface area contributed by atoms with Gasteiger partial charge in [0.25, 0.3) is 0 Å². The Labute approximate surface area is 432 Å². The molecule has 23 aliphatic rings. The van der Waals surface area contributed by atoms with Crippen molar-refractivity contribution >= 4 is 97.9 Å². The van der Waals surface area contributed by atoms with E-state index in [1.54, 1.807) is 10.5 Å². The molecule has 22 aliphatic carbocycles. The molecule has 1 heterocycles. The quantitative estimate of drug-likeness (QED) is 0.150. The Balaban J connectivity index is 0.938. The summed E-state index contributed by atoms with van der Waals surface area (Å²) in [6, 6.07) is 8.59. The van der Waals surface area contributed by atoms with Crippen LogP contribution in [0.3, 0.4) is 0 Å². The lowest BCUT2D eigenvalue weighted by molar-refractivity contribution is 0.0341. The van der Waals surface area contributed by atoms with Crippen molar-refractivity contribution in [1.82, 2.24) is 0 Å². The standard InChI is InChI=1S/C74H40S/c1-3-5-6-11(4-2)9-12-7-8-14-13(10-12)73-69-61-53-43-33-25-17-15-16-19-23-21(17)29-37-31(23)41-35-27(19)28-20(16)24-22-18(15)26(25)34-40-30(22)38-32(24)42-36(28)46-45(35)57-51(41)59-49(37)55(47(53)39(29)33)63(69)65(59)71-67(57)68-58(46)52(42)60-50(38)56-48(40)54(44(34)43)62(61)70(73)64(56)66(60)72(68)74(71,73)75-14/h7-8,10-11,17,19,21,23,25,27,33,35,43-46,54,58,62,64,66,68,70,72H,3-6,9H2,1-2H3. The zero-order valence-electron chi connectivity index (χ0n) is 41.3. The average molecular weight is 961 g/mol. The van der Waals surface area contributed by atoms with Crippen LogP contribution in [0.2, 0.25) is 0 Å². The van der Waals surface area contributed by atoms with Gasteiger partial charge in [0.05, 0.1) is 4.75 Å². The van der Waals surface area contributed by atoms with Crippen molar-refractivity contribution in [2.24, 2.45) is 17.8 Å². The highest BCUT2D eigenvalue weighted by atomic mass is 32.2. The highest BCUT2D eigenvalue weighted by Gasteiger charge is 2.89. The summed E-state index contributed by atoms with van der Waals surface area (Å²) in [5, 5.41) is 30.9. The number of hydrogen-bond donors (Lipinski definition) is 0. The van der Waals surface area contributed by atoms with Crippen LogP contribution in [0.15, 0.2) is 23.1 Å². The molecule has 23 unspecified atom stereocenters. The molecule has 1 fully saturated rings. The number of hydrogen-bond acceptors (Lipinski definition) is 1. The summed E-state index contributed by atoms with van der Waals surface area (Å²) in [7, 11) is 0. The molecule has 2 spiro atoms. The summed E-state index contributed by atoms with van der Waals surface area (Å²) in [6.07, 6.45) is 6.67. The molecule has 0 amide bonds. The first-order valence-electron chi connectivity index (χ1n) is 31.3. The fourth-order valence-corrected chi connectivity index (χ4v) is 35.3. The summed E-state index contributed by atoms with van der Waals surface area (Å²) in [6.45, 7) is 4.94. The molecule has 1 aliphatic heterocycles. The highest BCUT2D eigenvalue weighted by molar-refractivity contribution is 8.00. The van der Waals surface area contributed by atoms with Crippen LogP contribution in [0.5, 0.6) is 0 Å². The Morgan fingerprint density at radius 3 is 1.21 bits per heavy atom. The van der Waals surface area contributed by atoms with Gasteiger partial charge in [-0.1, -0.05) is 51.7 Å². The Hall–Kier alpha value is -5.37. The fraction of sp³-hybridized carbons (Fsp3) is 0.405. The van der Waals surface area contributed by atoms with Crippen LogP contribution in [-0.2, 0) is 16.6 Å². The molecule has 1 heteroatoms. The number of rotatable bonds is 6. The van der Waals surface area contributed by atoms with Crippen LogP contribution >= 0.6 is 11.8 Å². The predicted octanol–water partition coefficient (Wildman–Crippen LogP) is 17.3. The van der Waals surface area contributed by atoms with Crippen molar-refractivity contribution in [1.29, 1.82) is 0 Å². The molecule has 11 aromatic rings. The Morgan fingerprint density at radius 1 is 0.387 bits per heavy atom. The summed E-state index contributed by atoms with van der Waals surface area (Å²) in [5.74, 6) is 14.2. The van der Waals surface area contributed by atoms with Gasteiger partial charge in [-0.25, -0.2) is 0 Å². The minimum atomic E-state index is 0.0295. The molecule has 0 radical (unpaired) electrons. The number of unbranched alkanes of at least 4 members (excludes halogenated alkanes) is 1. The Bertz CT molecular complexity index is 5580. The third-order valence-electron chi connectivity index (χ3n) is 32.3.